The largest absolute Gasteiger partial charge is 0.477 e. The molecule has 0 heterocycles. The molecule has 0 aromatic rings. The van der Waals surface area contributed by atoms with Gasteiger partial charge in [0.1, 0.15) is 5.31 Å². The van der Waals surface area contributed by atoms with Gasteiger partial charge in [-0.25, -0.2) is 4.79 Å². The van der Waals surface area contributed by atoms with Crippen molar-refractivity contribution < 1.29 is 24.3 Å². The minimum absolute atomic E-state index is 0.0799. The van der Waals surface area contributed by atoms with Crippen LogP contribution in [0.4, 0.5) is 0 Å². The lowest BCUT2D eigenvalue weighted by atomic mass is 9.91. The lowest BCUT2D eigenvalue weighted by molar-refractivity contribution is -0.132. The number of carboxylic acid groups (broad SMARTS) is 1. The Hall–Kier alpha value is -0.640. The zero-order chi connectivity index (χ0) is 12.9. The van der Waals surface area contributed by atoms with Crippen LogP contribution < -0.4 is 0 Å². The van der Waals surface area contributed by atoms with Crippen LogP contribution in [0.25, 0.3) is 0 Å². The third kappa shape index (κ3) is 3.74. The molecule has 0 spiro atoms. The van der Waals surface area contributed by atoms with Gasteiger partial charge in [0, 0.05) is 0 Å². The highest BCUT2D eigenvalue weighted by Crippen LogP contribution is 2.49. The van der Waals surface area contributed by atoms with Crippen molar-refractivity contribution >= 4 is 13.6 Å². The maximum atomic E-state index is 11.2. The van der Waals surface area contributed by atoms with Gasteiger partial charge in [-0.15, -0.1) is 0 Å². The summed E-state index contributed by atoms with van der Waals surface area (Å²) in [5.41, 5.74) is 0.367. The third-order valence-electron chi connectivity index (χ3n) is 2.66. The van der Waals surface area contributed by atoms with Gasteiger partial charge in [0.2, 0.25) is 0 Å². The highest BCUT2D eigenvalue weighted by Gasteiger charge is 2.32. The van der Waals surface area contributed by atoms with Crippen molar-refractivity contribution in [1.29, 1.82) is 0 Å². The summed E-state index contributed by atoms with van der Waals surface area (Å²) in [4.78, 5) is 29.1. The molecule has 0 saturated carbocycles. The van der Waals surface area contributed by atoms with Crippen molar-refractivity contribution in [3.05, 3.63) is 10.9 Å². The molecule has 0 aliphatic heterocycles. The summed E-state index contributed by atoms with van der Waals surface area (Å²) in [5, 5.41) is 8.18. The molecule has 3 N–H and O–H groups in total. The van der Waals surface area contributed by atoms with Crippen LogP contribution in [0.3, 0.4) is 0 Å². The predicted octanol–water partition coefficient (Wildman–Crippen LogP) is 2.35. The van der Waals surface area contributed by atoms with Gasteiger partial charge in [-0.2, -0.15) is 0 Å². The standard InChI is InChI=1S/C10H19O5P/c1-4-7(5-2)8(6-3)9(10(11)12)16(13,14)15/h7H,4-6H2,1-3H3,(H,11,12)(H2,13,14,15). The van der Waals surface area contributed by atoms with Crippen LogP contribution in [0.15, 0.2) is 10.9 Å². The maximum absolute atomic E-state index is 11.2. The van der Waals surface area contributed by atoms with Crippen molar-refractivity contribution in [2.75, 3.05) is 0 Å². The summed E-state index contributed by atoms with van der Waals surface area (Å²) in [7, 11) is -4.70. The first-order valence-corrected chi connectivity index (χ1v) is 6.93. The van der Waals surface area contributed by atoms with Crippen molar-refractivity contribution in [1.82, 2.24) is 0 Å². The van der Waals surface area contributed by atoms with Gasteiger partial charge < -0.3 is 14.9 Å². The predicted molar refractivity (Wildman–Crippen MR) is 61.1 cm³/mol. The molecule has 5 nitrogen and oxygen atoms in total. The number of aliphatic carboxylic acids is 1. The minimum Gasteiger partial charge on any atom is -0.477 e. The molecular formula is C10H19O5P. The van der Waals surface area contributed by atoms with E-state index in [1.165, 1.54) is 0 Å². The molecule has 94 valence electrons. The van der Waals surface area contributed by atoms with E-state index in [-0.39, 0.29) is 5.92 Å². The fourth-order valence-electron chi connectivity index (χ4n) is 1.88. The smallest absolute Gasteiger partial charge is 0.363 e. The van der Waals surface area contributed by atoms with Crippen molar-refractivity contribution in [2.24, 2.45) is 5.92 Å². The molecule has 0 aromatic carbocycles. The Morgan fingerprint density at radius 3 is 1.81 bits per heavy atom. The van der Waals surface area contributed by atoms with Gasteiger partial charge >= 0.3 is 13.6 Å². The molecule has 0 atom stereocenters. The van der Waals surface area contributed by atoms with Crippen LogP contribution in [0.5, 0.6) is 0 Å². The lowest BCUT2D eigenvalue weighted by Gasteiger charge is -2.19. The zero-order valence-corrected chi connectivity index (χ0v) is 10.7. The van der Waals surface area contributed by atoms with E-state index in [2.05, 4.69) is 0 Å². The quantitative estimate of drug-likeness (QED) is 0.496. The van der Waals surface area contributed by atoms with E-state index < -0.39 is 18.9 Å². The second-order valence-corrected chi connectivity index (χ2v) is 5.13. The van der Waals surface area contributed by atoms with E-state index in [1.807, 2.05) is 13.8 Å². The first-order chi connectivity index (χ1) is 7.29. The summed E-state index contributed by atoms with van der Waals surface area (Å²) in [6, 6.07) is 0. The van der Waals surface area contributed by atoms with E-state index >= 15 is 0 Å². The summed E-state index contributed by atoms with van der Waals surface area (Å²) < 4.78 is 11.2. The molecule has 0 radical (unpaired) electrons. The monoisotopic (exact) mass is 250 g/mol. The van der Waals surface area contributed by atoms with Crippen LogP contribution in [0.1, 0.15) is 40.0 Å². The van der Waals surface area contributed by atoms with Gasteiger partial charge in [-0.1, -0.05) is 20.8 Å². The number of carboxylic acids is 1. The molecule has 16 heavy (non-hydrogen) atoms. The maximum Gasteiger partial charge on any atom is 0.363 e. The molecule has 0 aliphatic rings. The Morgan fingerprint density at radius 1 is 1.19 bits per heavy atom. The average molecular weight is 250 g/mol. The Bertz CT molecular complexity index is 324. The van der Waals surface area contributed by atoms with Gasteiger partial charge in [0.15, 0.2) is 0 Å². The molecule has 6 heteroatoms. The lowest BCUT2D eigenvalue weighted by Crippen LogP contribution is -2.11. The fourth-order valence-corrected chi connectivity index (χ4v) is 2.84. The van der Waals surface area contributed by atoms with Crippen molar-refractivity contribution in [3.63, 3.8) is 0 Å². The van der Waals surface area contributed by atoms with Crippen molar-refractivity contribution in [2.45, 2.75) is 40.0 Å². The van der Waals surface area contributed by atoms with E-state index in [9.17, 15) is 9.36 Å². The highest BCUT2D eigenvalue weighted by molar-refractivity contribution is 7.58. The SMILES string of the molecule is CCC(=C(C(=O)O)P(=O)(O)O)C(CC)CC. The van der Waals surface area contributed by atoms with E-state index in [1.54, 1.807) is 6.92 Å². The normalized spacial score (nSPS) is 13.9. The molecule has 0 unspecified atom stereocenters. The molecule has 0 aromatic heterocycles. The van der Waals surface area contributed by atoms with Crippen LogP contribution in [0, 0.1) is 5.92 Å². The second-order valence-electron chi connectivity index (χ2n) is 3.59. The summed E-state index contributed by atoms with van der Waals surface area (Å²) in [6.07, 6.45) is 1.70. The Balaban J connectivity index is 5.69. The number of hydrogen-bond acceptors (Lipinski definition) is 2. The van der Waals surface area contributed by atoms with E-state index in [0.717, 1.165) is 0 Å². The zero-order valence-electron chi connectivity index (χ0n) is 9.80. The Kier molecular flexibility index (Phi) is 5.94. The molecule has 0 aliphatic carbocycles. The number of rotatable bonds is 6. The van der Waals surface area contributed by atoms with Crippen LogP contribution in [0.2, 0.25) is 0 Å². The van der Waals surface area contributed by atoms with Crippen LogP contribution in [-0.4, -0.2) is 20.9 Å². The molecule has 0 amide bonds. The van der Waals surface area contributed by atoms with Crippen LogP contribution >= 0.6 is 7.60 Å². The number of allylic oxidation sites excluding steroid dienone is 1. The number of carbonyl (C=O) groups is 1. The van der Waals surface area contributed by atoms with E-state index in [4.69, 9.17) is 14.9 Å². The minimum atomic E-state index is -4.70. The first-order valence-electron chi connectivity index (χ1n) is 5.31. The highest BCUT2D eigenvalue weighted by atomic mass is 31.2. The average Bonchev–Trinajstić information content (AvgIpc) is 2.15. The van der Waals surface area contributed by atoms with Gasteiger partial charge in [0.25, 0.3) is 0 Å². The third-order valence-corrected chi connectivity index (χ3v) is 3.72. The molecule has 0 bridgehead atoms. The van der Waals surface area contributed by atoms with Gasteiger partial charge in [0.05, 0.1) is 0 Å². The van der Waals surface area contributed by atoms with E-state index in [0.29, 0.717) is 24.8 Å². The molecule has 0 saturated heterocycles. The fraction of sp³-hybridized carbons (Fsp3) is 0.700. The molecular weight excluding hydrogens is 231 g/mol. The number of hydrogen-bond donors (Lipinski definition) is 3. The summed E-state index contributed by atoms with van der Waals surface area (Å²) in [5.74, 6) is -1.60. The van der Waals surface area contributed by atoms with Crippen molar-refractivity contribution in [3.8, 4) is 0 Å². The summed E-state index contributed by atoms with van der Waals surface area (Å²) >= 11 is 0. The molecule has 0 fully saturated rings. The Morgan fingerprint density at radius 2 is 1.62 bits per heavy atom. The summed E-state index contributed by atoms with van der Waals surface area (Å²) in [6.45, 7) is 5.47. The van der Waals surface area contributed by atoms with Crippen LogP contribution in [-0.2, 0) is 9.36 Å². The Labute approximate surface area is 95.3 Å². The van der Waals surface area contributed by atoms with Gasteiger partial charge in [-0.3, -0.25) is 4.57 Å². The van der Waals surface area contributed by atoms with Gasteiger partial charge in [-0.05, 0) is 30.8 Å². The molecule has 0 rings (SSSR count). The first kappa shape index (κ1) is 15.4. The second kappa shape index (κ2) is 6.18. The topological polar surface area (TPSA) is 94.8 Å².